The normalized spacial score (nSPS) is 10.9. The van der Waals surface area contributed by atoms with Crippen LogP contribution in [0.2, 0.25) is 0 Å². The van der Waals surface area contributed by atoms with E-state index in [1.807, 2.05) is 0 Å². The Labute approximate surface area is 84.6 Å². The van der Waals surface area contributed by atoms with Crippen LogP contribution in [0.1, 0.15) is 0 Å². The molecule has 0 unspecified atom stereocenters. The molecule has 0 saturated heterocycles. The lowest BCUT2D eigenvalue weighted by molar-refractivity contribution is 1.29. The first-order valence-electron chi connectivity index (χ1n) is 4.56. The molecule has 0 aliphatic heterocycles. The van der Waals surface area contributed by atoms with E-state index in [1.54, 1.807) is 36.9 Å². The second-order valence-electron chi connectivity index (χ2n) is 3.30. The first-order chi connectivity index (χ1) is 7.36. The average molecular weight is 197 g/mol. The Hall–Kier alpha value is -2.23. The fourth-order valence-corrected chi connectivity index (χ4v) is 1.71. The number of aromatic amines is 1. The van der Waals surface area contributed by atoms with Crippen molar-refractivity contribution in [2.45, 2.75) is 0 Å². The molecule has 3 aromatic rings. The van der Waals surface area contributed by atoms with E-state index in [1.165, 1.54) is 0 Å². The molecule has 3 aromatic heterocycles. The fourth-order valence-electron chi connectivity index (χ4n) is 1.71. The summed E-state index contributed by atoms with van der Waals surface area (Å²) in [7, 11) is 0. The van der Waals surface area contributed by atoms with E-state index < -0.39 is 0 Å². The Bertz CT molecular complexity index is 703. The van der Waals surface area contributed by atoms with Crippen molar-refractivity contribution in [2.24, 2.45) is 0 Å². The van der Waals surface area contributed by atoms with Crippen LogP contribution in [0.4, 0.5) is 0 Å². The molecule has 0 fully saturated rings. The summed E-state index contributed by atoms with van der Waals surface area (Å²) in [4.78, 5) is 22.6. The summed E-state index contributed by atoms with van der Waals surface area (Å²) in [6.45, 7) is 0. The van der Waals surface area contributed by atoms with Gasteiger partial charge in [0.05, 0.1) is 10.9 Å². The minimum absolute atomic E-state index is 0.0916. The van der Waals surface area contributed by atoms with Crippen LogP contribution in [0.15, 0.2) is 41.7 Å². The minimum atomic E-state index is -0.0916. The molecule has 0 aliphatic rings. The number of rotatable bonds is 0. The second-order valence-corrected chi connectivity index (χ2v) is 3.30. The van der Waals surface area contributed by atoms with Gasteiger partial charge in [0.15, 0.2) is 0 Å². The highest BCUT2D eigenvalue weighted by Crippen LogP contribution is 2.17. The van der Waals surface area contributed by atoms with Gasteiger partial charge in [-0.3, -0.25) is 14.8 Å². The molecule has 15 heavy (non-hydrogen) atoms. The zero-order valence-electron chi connectivity index (χ0n) is 7.77. The van der Waals surface area contributed by atoms with Crippen molar-refractivity contribution >= 4 is 21.7 Å². The molecule has 3 heterocycles. The van der Waals surface area contributed by atoms with Gasteiger partial charge in [-0.15, -0.1) is 0 Å². The van der Waals surface area contributed by atoms with Gasteiger partial charge in [0.25, 0.3) is 5.56 Å². The van der Waals surface area contributed by atoms with E-state index >= 15 is 0 Å². The smallest absolute Gasteiger partial charge is 0.256 e. The van der Waals surface area contributed by atoms with Gasteiger partial charge in [-0.2, -0.15) is 0 Å². The van der Waals surface area contributed by atoms with Crippen LogP contribution >= 0.6 is 0 Å². The van der Waals surface area contributed by atoms with Crippen LogP contribution in [-0.4, -0.2) is 15.0 Å². The van der Waals surface area contributed by atoms with E-state index in [-0.39, 0.29) is 5.56 Å². The number of aromatic nitrogens is 3. The lowest BCUT2D eigenvalue weighted by Crippen LogP contribution is -2.06. The van der Waals surface area contributed by atoms with Crippen LogP contribution < -0.4 is 5.56 Å². The molecule has 0 saturated carbocycles. The maximum atomic E-state index is 11.7. The third kappa shape index (κ3) is 1.11. The van der Waals surface area contributed by atoms with Gasteiger partial charge in [-0.1, -0.05) is 0 Å². The molecule has 0 amide bonds. The molecule has 0 aliphatic carbocycles. The molecule has 0 spiro atoms. The first kappa shape index (κ1) is 8.11. The van der Waals surface area contributed by atoms with Gasteiger partial charge in [-0.05, 0) is 12.1 Å². The number of hydrogen-bond acceptors (Lipinski definition) is 3. The van der Waals surface area contributed by atoms with E-state index in [4.69, 9.17) is 0 Å². The summed E-state index contributed by atoms with van der Waals surface area (Å²) in [6, 6.07) is 3.49. The number of pyridine rings is 3. The molecule has 1 N–H and O–H groups in total. The molecule has 0 radical (unpaired) electrons. The monoisotopic (exact) mass is 197 g/mol. The van der Waals surface area contributed by atoms with Crippen LogP contribution in [-0.2, 0) is 0 Å². The molecule has 0 atom stereocenters. The molecular weight excluding hydrogens is 190 g/mol. The summed E-state index contributed by atoms with van der Waals surface area (Å²) in [6.07, 6.45) is 6.68. The second kappa shape index (κ2) is 2.88. The number of H-pyrrole nitrogens is 1. The standard InChI is InChI=1S/C11H7N3O/c15-11-7-1-3-12-5-8(7)9-6-13-4-2-10(9)14-11/h1-6H,(H,14,15). The Morgan fingerprint density at radius 3 is 2.53 bits per heavy atom. The third-order valence-electron chi connectivity index (χ3n) is 2.43. The summed E-state index contributed by atoms with van der Waals surface area (Å²) >= 11 is 0. The van der Waals surface area contributed by atoms with E-state index in [2.05, 4.69) is 15.0 Å². The number of nitrogens with zero attached hydrogens (tertiary/aromatic N) is 2. The maximum Gasteiger partial charge on any atom is 0.256 e. The lowest BCUT2D eigenvalue weighted by Gasteiger charge is -2.00. The largest absolute Gasteiger partial charge is 0.321 e. The predicted octanol–water partition coefficient (Wildman–Crippen LogP) is 1.47. The van der Waals surface area contributed by atoms with Crippen LogP contribution in [0.25, 0.3) is 21.7 Å². The van der Waals surface area contributed by atoms with Gasteiger partial charge in [-0.25, -0.2) is 0 Å². The topological polar surface area (TPSA) is 58.6 Å². The molecule has 4 heteroatoms. The van der Waals surface area contributed by atoms with Crippen LogP contribution in [0.3, 0.4) is 0 Å². The fraction of sp³-hybridized carbons (Fsp3) is 0. The van der Waals surface area contributed by atoms with Crippen molar-refractivity contribution in [1.82, 2.24) is 15.0 Å². The zero-order chi connectivity index (χ0) is 10.3. The lowest BCUT2D eigenvalue weighted by atomic mass is 10.1. The predicted molar refractivity (Wildman–Crippen MR) is 57.7 cm³/mol. The maximum absolute atomic E-state index is 11.7. The van der Waals surface area contributed by atoms with Crippen molar-refractivity contribution in [1.29, 1.82) is 0 Å². The van der Waals surface area contributed by atoms with E-state index in [0.717, 1.165) is 16.3 Å². The molecule has 4 nitrogen and oxygen atoms in total. The van der Waals surface area contributed by atoms with Crippen molar-refractivity contribution in [3.63, 3.8) is 0 Å². The third-order valence-corrected chi connectivity index (χ3v) is 2.43. The van der Waals surface area contributed by atoms with Gasteiger partial charge < -0.3 is 4.98 Å². The molecule has 0 aromatic carbocycles. The van der Waals surface area contributed by atoms with Gasteiger partial charge in [0, 0.05) is 35.6 Å². The van der Waals surface area contributed by atoms with E-state index in [9.17, 15) is 4.79 Å². The number of hydrogen-bond donors (Lipinski definition) is 1. The Morgan fingerprint density at radius 2 is 1.67 bits per heavy atom. The average Bonchev–Trinajstić information content (AvgIpc) is 2.30. The molecular formula is C11H7N3O. The highest BCUT2D eigenvalue weighted by Gasteiger charge is 2.03. The van der Waals surface area contributed by atoms with Crippen molar-refractivity contribution in [3.05, 3.63) is 47.3 Å². The van der Waals surface area contributed by atoms with Crippen LogP contribution in [0.5, 0.6) is 0 Å². The van der Waals surface area contributed by atoms with E-state index in [0.29, 0.717) is 5.39 Å². The zero-order valence-corrected chi connectivity index (χ0v) is 7.77. The SMILES string of the molecule is O=c1[nH]c2ccncc2c2cnccc12. The summed E-state index contributed by atoms with van der Waals surface area (Å²) in [5.74, 6) is 0. The number of nitrogens with one attached hydrogen (secondary N) is 1. The summed E-state index contributed by atoms with van der Waals surface area (Å²) < 4.78 is 0. The molecule has 3 rings (SSSR count). The Morgan fingerprint density at radius 1 is 0.933 bits per heavy atom. The minimum Gasteiger partial charge on any atom is -0.321 e. The molecule has 0 bridgehead atoms. The van der Waals surface area contributed by atoms with Gasteiger partial charge in [0.2, 0.25) is 0 Å². The van der Waals surface area contributed by atoms with Crippen molar-refractivity contribution in [3.8, 4) is 0 Å². The Balaban J connectivity index is 2.70. The van der Waals surface area contributed by atoms with Gasteiger partial charge in [0.1, 0.15) is 0 Å². The first-order valence-corrected chi connectivity index (χ1v) is 4.56. The number of fused-ring (bicyclic) bond motifs is 3. The summed E-state index contributed by atoms with van der Waals surface area (Å²) in [5, 5.41) is 2.40. The quantitative estimate of drug-likeness (QED) is 0.555. The molecule has 72 valence electrons. The van der Waals surface area contributed by atoms with Crippen molar-refractivity contribution in [2.75, 3.05) is 0 Å². The highest BCUT2D eigenvalue weighted by atomic mass is 16.1. The van der Waals surface area contributed by atoms with Crippen molar-refractivity contribution < 1.29 is 0 Å². The highest BCUT2D eigenvalue weighted by molar-refractivity contribution is 6.04. The van der Waals surface area contributed by atoms with Crippen LogP contribution in [0, 0.1) is 0 Å². The van der Waals surface area contributed by atoms with Gasteiger partial charge >= 0.3 is 0 Å². The Kier molecular flexibility index (Phi) is 1.56. The summed E-state index contributed by atoms with van der Waals surface area (Å²) in [5.41, 5.74) is 0.696.